The number of nitrogens with one attached hydrogen (secondary N) is 1. The number of pyridine rings is 1. The van der Waals surface area contributed by atoms with Crippen LogP contribution in [0.5, 0.6) is 0 Å². The Hall–Kier alpha value is -2.55. The number of halogens is 3. The van der Waals surface area contributed by atoms with Crippen LogP contribution in [-0.2, 0) is 13.0 Å². The number of hydrogen-bond donors (Lipinski definition) is 2. The molecule has 2 aromatic heterocycles. The van der Waals surface area contributed by atoms with Gasteiger partial charge in [-0.05, 0) is 12.1 Å². The molecule has 0 saturated carbocycles. The summed E-state index contributed by atoms with van der Waals surface area (Å²) in [6, 6.07) is 2.66. The van der Waals surface area contributed by atoms with E-state index in [-0.39, 0.29) is 17.1 Å². The molecule has 2 heterocycles. The van der Waals surface area contributed by atoms with Crippen molar-refractivity contribution < 1.29 is 18.4 Å². The molecule has 0 fully saturated rings. The summed E-state index contributed by atoms with van der Waals surface area (Å²) in [7, 11) is 1.32. The van der Waals surface area contributed by atoms with Gasteiger partial charge in [0.15, 0.2) is 5.69 Å². The Bertz CT molecular complexity index is 785. The summed E-state index contributed by atoms with van der Waals surface area (Å²) in [6.45, 7) is 0.630. The number of nitrogens with zero attached hydrogens (tertiary/aromatic N) is 3. The Balaban J connectivity index is 2.34. The van der Waals surface area contributed by atoms with Gasteiger partial charge < -0.3 is 11.1 Å². The van der Waals surface area contributed by atoms with E-state index in [0.29, 0.717) is 6.92 Å². The van der Waals surface area contributed by atoms with Gasteiger partial charge in [-0.3, -0.25) is 19.3 Å². The Morgan fingerprint density at radius 2 is 2.09 bits per heavy atom. The normalized spacial score (nSPS) is 11.3. The largest absolute Gasteiger partial charge is 0.364 e. The first-order chi connectivity index (χ1) is 10.6. The predicted octanol–water partition coefficient (Wildman–Crippen LogP) is 1.93. The second-order valence-electron chi connectivity index (χ2n) is 4.77. The Labute approximate surface area is 134 Å². The lowest BCUT2D eigenvalue weighted by Crippen LogP contribution is -2.18. The fourth-order valence-electron chi connectivity index (χ4n) is 1.86. The summed E-state index contributed by atoms with van der Waals surface area (Å²) >= 11 is 5.85. The van der Waals surface area contributed by atoms with Gasteiger partial charge in [-0.2, -0.15) is 13.9 Å². The fraction of sp³-hybridized carbons (Fsp3) is 0.231. The lowest BCUT2D eigenvalue weighted by atomic mass is 10.2. The smallest absolute Gasteiger partial charge is 0.290 e. The molecule has 3 N–H and O–H groups in total. The molecule has 0 spiro atoms. The second-order valence-corrected chi connectivity index (χ2v) is 5.15. The Morgan fingerprint density at radius 3 is 2.61 bits per heavy atom. The van der Waals surface area contributed by atoms with Gasteiger partial charge in [0, 0.05) is 25.9 Å². The van der Waals surface area contributed by atoms with Crippen LogP contribution in [0.1, 0.15) is 33.6 Å². The molecule has 0 aliphatic carbocycles. The average molecular weight is 344 g/mol. The third-order valence-corrected chi connectivity index (χ3v) is 3.25. The molecule has 0 aromatic carbocycles. The number of aryl methyl sites for hydroxylation is 1. The third-order valence-electron chi connectivity index (χ3n) is 2.89. The number of nitrogens with two attached hydrogens (primary N) is 1. The molecule has 0 aliphatic rings. The zero-order chi connectivity index (χ0) is 17.4. The molecule has 10 heteroatoms. The van der Waals surface area contributed by atoms with E-state index >= 15 is 0 Å². The molecule has 0 radical (unpaired) electrons. The lowest BCUT2D eigenvalue weighted by molar-refractivity contribution is 0.0123. The molecule has 0 saturated heterocycles. The van der Waals surface area contributed by atoms with Crippen molar-refractivity contribution in [1.29, 1.82) is 0 Å². The second kappa shape index (κ2) is 5.92. The number of carbonyl (C=O) groups is 2. The highest BCUT2D eigenvalue weighted by Gasteiger charge is 2.34. The number of hydrogen-bond acceptors (Lipinski definition) is 4. The van der Waals surface area contributed by atoms with Gasteiger partial charge in [0.2, 0.25) is 0 Å². The number of alkyl halides is 2. The van der Waals surface area contributed by atoms with E-state index in [1.807, 2.05) is 0 Å². The number of aromatic nitrogens is 3. The van der Waals surface area contributed by atoms with E-state index < -0.39 is 28.5 Å². The fourth-order valence-corrected chi connectivity index (χ4v) is 2.27. The summed E-state index contributed by atoms with van der Waals surface area (Å²) in [5.74, 6) is -4.82. The maximum absolute atomic E-state index is 13.4. The Morgan fingerprint density at radius 1 is 1.43 bits per heavy atom. The SMILES string of the molecule is Cn1nc(C(C)(F)F)c(Cl)c1C(=O)Nc1ccnc(C(N)=O)c1. The number of amides is 2. The minimum atomic E-state index is -3.29. The molecular weight excluding hydrogens is 332 g/mol. The third kappa shape index (κ3) is 3.45. The van der Waals surface area contributed by atoms with Crippen molar-refractivity contribution in [2.45, 2.75) is 12.8 Å². The van der Waals surface area contributed by atoms with Crippen LogP contribution in [0.4, 0.5) is 14.5 Å². The number of anilines is 1. The number of carbonyl (C=O) groups excluding carboxylic acids is 2. The molecule has 2 rings (SSSR count). The summed E-state index contributed by atoms with van der Waals surface area (Å²) in [4.78, 5) is 27.0. The van der Waals surface area contributed by atoms with Crippen LogP contribution in [-0.4, -0.2) is 26.6 Å². The van der Waals surface area contributed by atoms with E-state index in [2.05, 4.69) is 15.4 Å². The van der Waals surface area contributed by atoms with E-state index in [1.54, 1.807) is 0 Å². The highest BCUT2D eigenvalue weighted by Crippen LogP contribution is 2.33. The minimum Gasteiger partial charge on any atom is -0.364 e. The van der Waals surface area contributed by atoms with E-state index in [9.17, 15) is 18.4 Å². The van der Waals surface area contributed by atoms with E-state index in [0.717, 1.165) is 4.68 Å². The molecule has 0 aliphatic heterocycles. The maximum atomic E-state index is 13.4. The first-order valence-corrected chi connectivity index (χ1v) is 6.67. The molecule has 122 valence electrons. The van der Waals surface area contributed by atoms with Crippen molar-refractivity contribution in [3.05, 3.63) is 40.4 Å². The zero-order valence-corrected chi connectivity index (χ0v) is 12.9. The Kier molecular flexibility index (Phi) is 4.33. The summed E-state index contributed by atoms with van der Waals surface area (Å²) in [5.41, 5.74) is 4.31. The standard InChI is InChI=1S/C13H12ClF2N5O2/c1-13(15,16)10-8(14)9(21(2)20-10)12(23)19-6-3-4-18-7(5-6)11(17)22/h3-5H,1-2H3,(H2,17,22)(H,18,19,23). The van der Waals surface area contributed by atoms with Gasteiger partial charge in [0.05, 0.1) is 0 Å². The first kappa shape index (κ1) is 16.8. The van der Waals surface area contributed by atoms with Crippen LogP contribution < -0.4 is 11.1 Å². The highest BCUT2D eigenvalue weighted by molar-refractivity contribution is 6.34. The van der Waals surface area contributed by atoms with Crippen LogP contribution in [0, 0.1) is 0 Å². The van der Waals surface area contributed by atoms with Gasteiger partial charge >= 0.3 is 0 Å². The molecule has 2 aromatic rings. The molecule has 0 unspecified atom stereocenters. The van der Waals surface area contributed by atoms with Gasteiger partial charge in [-0.15, -0.1) is 0 Å². The summed E-state index contributed by atoms with van der Waals surface area (Å²) in [5, 5.41) is 5.56. The monoisotopic (exact) mass is 343 g/mol. The van der Waals surface area contributed by atoms with Gasteiger partial charge in [0.25, 0.3) is 17.7 Å². The highest BCUT2D eigenvalue weighted by atomic mass is 35.5. The number of primary amides is 1. The van der Waals surface area contributed by atoms with Crippen molar-refractivity contribution >= 4 is 29.1 Å². The van der Waals surface area contributed by atoms with Gasteiger partial charge in [-0.1, -0.05) is 11.6 Å². The zero-order valence-electron chi connectivity index (χ0n) is 12.1. The maximum Gasteiger partial charge on any atom is 0.290 e. The molecule has 0 bridgehead atoms. The molecular formula is C13H12ClF2N5O2. The van der Waals surface area contributed by atoms with Gasteiger partial charge in [0.1, 0.15) is 16.4 Å². The molecule has 2 amide bonds. The molecule has 0 atom stereocenters. The topological polar surface area (TPSA) is 103 Å². The average Bonchev–Trinajstić information content (AvgIpc) is 2.74. The van der Waals surface area contributed by atoms with Crippen LogP contribution >= 0.6 is 11.6 Å². The number of rotatable bonds is 4. The van der Waals surface area contributed by atoms with Crippen LogP contribution in [0.2, 0.25) is 5.02 Å². The van der Waals surface area contributed by atoms with Crippen LogP contribution in [0.15, 0.2) is 18.3 Å². The molecule has 23 heavy (non-hydrogen) atoms. The summed E-state index contributed by atoms with van der Waals surface area (Å²) in [6.07, 6.45) is 1.27. The van der Waals surface area contributed by atoms with Crippen LogP contribution in [0.3, 0.4) is 0 Å². The predicted molar refractivity (Wildman–Crippen MR) is 78.5 cm³/mol. The van der Waals surface area contributed by atoms with Crippen molar-refractivity contribution in [2.75, 3.05) is 5.32 Å². The van der Waals surface area contributed by atoms with Crippen molar-refractivity contribution in [2.24, 2.45) is 12.8 Å². The van der Waals surface area contributed by atoms with E-state index in [4.69, 9.17) is 17.3 Å². The van der Waals surface area contributed by atoms with Crippen molar-refractivity contribution in [3.8, 4) is 0 Å². The molecule has 7 nitrogen and oxygen atoms in total. The van der Waals surface area contributed by atoms with Crippen molar-refractivity contribution in [3.63, 3.8) is 0 Å². The van der Waals surface area contributed by atoms with Crippen LogP contribution in [0.25, 0.3) is 0 Å². The minimum absolute atomic E-state index is 0.0558. The van der Waals surface area contributed by atoms with E-state index in [1.165, 1.54) is 25.4 Å². The summed E-state index contributed by atoms with van der Waals surface area (Å²) < 4.78 is 27.7. The lowest BCUT2D eigenvalue weighted by Gasteiger charge is -2.07. The van der Waals surface area contributed by atoms with Gasteiger partial charge in [-0.25, -0.2) is 0 Å². The first-order valence-electron chi connectivity index (χ1n) is 6.29. The van der Waals surface area contributed by atoms with Crippen molar-refractivity contribution in [1.82, 2.24) is 14.8 Å². The quantitative estimate of drug-likeness (QED) is 0.885.